The van der Waals surface area contributed by atoms with Gasteiger partial charge in [0.1, 0.15) is 11.4 Å². The molecule has 1 aliphatic heterocycles. The molecule has 9 heteroatoms. The number of imidazole rings is 1. The Labute approximate surface area is 183 Å². The number of ether oxygens (including phenoxy) is 1. The Balaban J connectivity index is 1.71. The Morgan fingerprint density at radius 2 is 1.97 bits per heavy atom. The van der Waals surface area contributed by atoms with E-state index < -0.39 is 5.92 Å². The number of halogens is 3. The van der Waals surface area contributed by atoms with Gasteiger partial charge in [-0.2, -0.15) is 8.78 Å². The summed E-state index contributed by atoms with van der Waals surface area (Å²) >= 11 is 6.37. The molecule has 1 aromatic carbocycles. The highest BCUT2D eigenvalue weighted by Gasteiger charge is 2.35. The number of aromatic nitrogens is 3. The van der Waals surface area contributed by atoms with Gasteiger partial charge in [-0.1, -0.05) is 24.9 Å². The van der Waals surface area contributed by atoms with Gasteiger partial charge in [0.15, 0.2) is 0 Å². The van der Waals surface area contributed by atoms with Crippen LogP contribution >= 0.6 is 11.6 Å². The summed E-state index contributed by atoms with van der Waals surface area (Å²) < 4.78 is 35.3. The van der Waals surface area contributed by atoms with E-state index in [1.807, 2.05) is 6.92 Å². The van der Waals surface area contributed by atoms with E-state index in [1.54, 1.807) is 17.9 Å². The van der Waals surface area contributed by atoms with Crippen LogP contribution in [0.25, 0.3) is 22.4 Å². The van der Waals surface area contributed by atoms with Crippen LogP contribution in [0.5, 0.6) is 0 Å². The molecule has 166 valence electrons. The average molecular weight is 451 g/mol. The number of pyridine rings is 1. The van der Waals surface area contributed by atoms with Crippen LogP contribution in [0.1, 0.15) is 30.2 Å². The Morgan fingerprint density at radius 3 is 2.65 bits per heavy atom. The molecule has 1 saturated heterocycles. The first-order chi connectivity index (χ1) is 14.8. The highest BCUT2D eigenvalue weighted by atomic mass is 35.5. The van der Waals surface area contributed by atoms with Crippen LogP contribution in [0.3, 0.4) is 0 Å². The van der Waals surface area contributed by atoms with Crippen molar-refractivity contribution in [1.29, 1.82) is 0 Å². The maximum absolute atomic E-state index is 15.0. The first-order valence-corrected chi connectivity index (χ1v) is 10.8. The minimum Gasteiger partial charge on any atom is -0.379 e. The van der Waals surface area contributed by atoms with E-state index in [0.29, 0.717) is 49.3 Å². The molecule has 0 amide bonds. The van der Waals surface area contributed by atoms with E-state index in [4.69, 9.17) is 16.3 Å². The number of rotatable bonds is 6. The van der Waals surface area contributed by atoms with Crippen molar-refractivity contribution in [3.05, 3.63) is 50.4 Å². The Hall–Kier alpha value is -2.29. The van der Waals surface area contributed by atoms with Gasteiger partial charge in [0.2, 0.25) is 0 Å². The second-order valence-electron chi connectivity index (χ2n) is 7.96. The minimum atomic E-state index is -3.03. The summed E-state index contributed by atoms with van der Waals surface area (Å²) in [5, 5.41) is 0.279. The summed E-state index contributed by atoms with van der Waals surface area (Å²) in [5.74, 6) is -2.76. The molecule has 0 unspecified atom stereocenters. The molecule has 2 aromatic heterocycles. The minimum absolute atomic E-state index is 0.0857. The lowest BCUT2D eigenvalue weighted by Crippen LogP contribution is -2.42. The summed E-state index contributed by atoms with van der Waals surface area (Å²) in [6.07, 6.45) is 1.58. The topological polar surface area (TPSA) is 74.0 Å². The maximum Gasteiger partial charge on any atom is 0.285 e. The summed E-state index contributed by atoms with van der Waals surface area (Å²) in [7, 11) is 0. The van der Waals surface area contributed by atoms with E-state index in [9.17, 15) is 4.79 Å². The van der Waals surface area contributed by atoms with Gasteiger partial charge in [0.25, 0.3) is 11.5 Å². The fourth-order valence-corrected chi connectivity index (χ4v) is 4.26. The number of benzene rings is 1. The molecule has 2 N–H and O–H groups in total. The fourth-order valence-electron chi connectivity index (χ4n) is 3.95. The van der Waals surface area contributed by atoms with E-state index in [0.717, 1.165) is 12.1 Å². The molecule has 4 rings (SSSR count). The van der Waals surface area contributed by atoms with Crippen LogP contribution in [0.15, 0.2) is 23.0 Å². The second kappa shape index (κ2) is 8.68. The standard InChI is InChI=1S/C22H25ClF2N4O2/c1-3-4-15-11-16(23)18(21(30)26-15)20-27-17-10-14(9-13(2)19(17)28-20)22(24,25)12-29-5-7-31-8-6-29/h9-11H,3-8,12H2,1-2H3,(H,26,30)(H,27,28). The molecule has 3 heterocycles. The quantitative estimate of drug-likeness (QED) is 0.588. The van der Waals surface area contributed by atoms with Gasteiger partial charge in [0.05, 0.1) is 35.8 Å². The van der Waals surface area contributed by atoms with Gasteiger partial charge in [-0.15, -0.1) is 0 Å². The first-order valence-electron chi connectivity index (χ1n) is 10.4. The van der Waals surface area contributed by atoms with Gasteiger partial charge in [-0.3, -0.25) is 9.69 Å². The summed E-state index contributed by atoms with van der Waals surface area (Å²) in [6, 6.07) is 4.58. The second-order valence-corrected chi connectivity index (χ2v) is 8.37. The number of aryl methyl sites for hydroxylation is 2. The third-order valence-corrected chi connectivity index (χ3v) is 5.82. The first kappa shape index (κ1) is 21.9. The largest absolute Gasteiger partial charge is 0.379 e. The molecular weight excluding hydrogens is 426 g/mol. The van der Waals surface area contributed by atoms with Crippen molar-refractivity contribution in [3.8, 4) is 11.4 Å². The van der Waals surface area contributed by atoms with Crippen molar-refractivity contribution in [2.45, 2.75) is 32.6 Å². The smallest absolute Gasteiger partial charge is 0.285 e. The van der Waals surface area contributed by atoms with Crippen molar-refractivity contribution in [3.63, 3.8) is 0 Å². The lowest BCUT2D eigenvalue weighted by molar-refractivity contribution is -0.0616. The number of alkyl halides is 2. The summed E-state index contributed by atoms with van der Waals surface area (Å²) in [6.45, 7) is 5.27. The van der Waals surface area contributed by atoms with Crippen molar-refractivity contribution in [2.75, 3.05) is 32.8 Å². The third kappa shape index (κ3) is 4.51. The number of fused-ring (bicyclic) bond motifs is 1. The van der Waals surface area contributed by atoms with Gasteiger partial charge in [0, 0.05) is 24.3 Å². The maximum atomic E-state index is 15.0. The zero-order valence-corrected chi connectivity index (χ0v) is 18.3. The molecule has 0 spiro atoms. The fraction of sp³-hybridized carbons (Fsp3) is 0.455. The third-order valence-electron chi connectivity index (χ3n) is 5.52. The predicted octanol–water partition coefficient (Wildman–Crippen LogP) is 4.26. The monoisotopic (exact) mass is 450 g/mol. The van der Waals surface area contributed by atoms with Crippen LogP contribution in [0, 0.1) is 6.92 Å². The Morgan fingerprint density at radius 1 is 1.23 bits per heavy atom. The number of nitrogens with one attached hydrogen (secondary N) is 2. The molecule has 1 aliphatic rings. The molecule has 31 heavy (non-hydrogen) atoms. The van der Waals surface area contributed by atoms with Crippen LogP contribution in [0.2, 0.25) is 5.02 Å². The molecule has 1 fully saturated rings. The average Bonchev–Trinajstić information content (AvgIpc) is 3.12. The molecule has 0 saturated carbocycles. The van der Waals surface area contributed by atoms with E-state index in [1.165, 1.54) is 12.1 Å². The Kier molecular flexibility index (Phi) is 6.14. The highest BCUT2D eigenvalue weighted by Crippen LogP contribution is 2.34. The van der Waals surface area contributed by atoms with Crippen LogP contribution in [-0.2, 0) is 17.1 Å². The molecule has 0 bridgehead atoms. The predicted molar refractivity (Wildman–Crippen MR) is 117 cm³/mol. The van der Waals surface area contributed by atoms with Crippen LogP contribution in [-0.4, -0.2) is 52.7 Å². The lowest BCUT2D eigenvalue weighted by Gasteiger charge is -2.30. The number of aromatic amines is 2. The van der Waals surface area contributed by atoms with Gasteiger partial charge in [-0.05, 0) is 37.1 Å². The van der Waals surface area contributed by atoms with E-state index >= 15 is 8.78 Å². The SMILES string of the molecule is CCCc1cc(Cl)c(-c2nc3c(C)cc(C(F)(F)CN4CCOCC4)cc3[nH]2)c(=O)[nH]1. The Bertz CT molecular complexity index is 1150. The molecule has 0 atom stereocenters. The van der Waals surface area contributed by atoms with Gasteiger partial charge < -0.3 is 14.7 Å². The molecule has 0 radical (unpaired) electrons. The molecule has 0 aliphatic carbocycles. The van der Waals surface area contributed by atoms with Crippen LogP contribution < -0.4 is 5.56 Å². The highest BCUT2D eigenvalue weighted by molar-refractivity contribution is 6.33. The van der Waals surface area contributed by atoms with Gasteiger partial charge >= 0.3 is 0 Å². The van der Waals surface area contributed by atoms with Gasteiger partial charge in [-0.25, -0.2) is 4.98 Å². The molecule has 6 nitrogen and oxygen atoms in total. The van der Waals surface area contributed by atoms with Crippen molar-refractivity contribution in [1.82, 2.24) is 19.9 Å². The van der Waals surface area contributed by atoms with Crippen LogP contribution in [0.4, 0.5) is 8.78 Å². The summed E-state index contributed by atoms with van der Waals surface area (Å²) in [5.41, 5.74) is 2.10. The van der Waals surface area contributed by atoms with E-state index in [-0.39, 0.29) is 34.1 Å². The number of H-pyrrole nitrogens is 2. The number of hydrogen-bond donors (Lipinski definition) is 2. The number of nitrogens with zero attached hydrogens (tertiary/aromatic N) is 2. The summed E-state index contributed by atoms with van der Waals surface area (Å²) in [4.78, 5) is 24.6. The molecule has 3 aromatic rings. The van der Waals surface area contributed by atoms with Crippen molar-refractivity contribution >= 4 is 22.6 Å². The zero-order valence-electron chi connectivity index (χ0n) is 17.5. The number of morpholine rings is 1. The van der Waals surface area contributed by atoms with Crippen molar-refractivity contribution in [2.24, 2.45) is 0 Å². The zero-order chi connectivity index (χ0) is 22.2. The normalized spacial score (nSPS) is 15.6. The lowest BCUT2D eigenvalue weighted by atomic mass is 10.0. The van der Waals surface area contributed by atoms with Crippen molar-refractivity contribution < 1.29 is 13.5 Å². The molecular formula is C22H25ClF2N4O2. The number of hydrogen-bond acceptors (Lipinski definition) is 4. The van der Waals surface area contributed by atoms with E-state index in [2.05, 4.69) is 15.0 Å².